The highest BCUT2D eigenvalue weighted by Crippen LogP contribution is 2.26. The molecule has 0 saturated carbocycles. The quantitative estimate of drug-likeness (QED) is 0.915. The van der Waals surface area contributed by atoms with Crippen LogP contribution < -0.4 is 5.32 Å². The summed E-state index contributed by atoms with van der Waals surface area (Å²) in [6.07, 6.45) is 3.01. The molecule has 3 nitrogen and oxygen atoms in total. The average Bonchev–Trinajstić information content (AvgIpc) is 2.96. The number of nitrogens with zero attached hydrogens (tertiary/aromatic N) is 1. The van der Waals surface area contributed by atoms with E-state index in [-0.39, 0.29) is 11.4 Å². The Morgan fingerprint density at radius 1 is 1.40 bits per heavy atom. The molecule has 0 radical (unpaired) electrons. The number of thiazole rings is 1. The van der Waals surface area contributed by atoms with E-state index in [9.17, 15) is 4.79 Å². The van der Waals surface area contributed by atoms with Crippen LogP contribution in [0.2, 0.25) is 0 Å². The van der Waals surface area contributed by atoms with Gasteiger partial charge < -0.3 is 5.32 Å². The monoisotopic (exact) mass is 288 g/mol. The number of carbonyl (C=O) groups is 1. The molecule has 1 N–H and O–H groups in total. The number of rotatable bonds is 5. The second-order valence-electron chi connectivity index (χ2n) is 5.17. The minimum atomic E-state index is -0.381. The molecule has 0 unspecified atom stereocenters. The molecule has 1 heterocycles. The summed E-state index contributed by atoms with van der Waals surface area (Å²) in [5.41, 5.74) is 1.84. The molecule has 1 aromatic carbocycles. The van der Waals surface area contributed by atoms with Crippen LogP contribution in [0.4, 0.5) is 0 Å². The number of amides is 1. The van der Waals surface area contributed by atoms with E-state index in [1.165, 1.54) is 0 Å². The van der Waals surface area contributed by atoms with Gasteiger partial charge in [-0.2, -0.15) is 0 Å². The van der Waals surface area contributed by atoms with Crippen LogP contribution in [-0.2, 0) is 16.8 Å². The predicted molar refractivity (Wildman–Crippen MR) is 82.8 cm³/mol. The third-order valence-corrected chi connectivity index (χ3v) is 4.68. The highest BCUT2D eigenvalue weighted by Gasteiger charge is 2.29. The lowest BCUT2D eigenvalue weighted by Gasteiger charge is -2.27. The zero-order chi connectivity index (χ0) is 14.6. The molecule has 1 aromatic heterocycles. The first-order valence-electron chi connectivity index (χ1n) is 6.80. The van der Waals surface area contributed by atoms with Gasteiger partial charge in [0.2, 0.25) is 5.91 Å². The molecule has 2 rings (SSSR count). The highest BCUT2D eigenvalue weighted by atomic mass is 32.1. The van der Waals surface area contributed by atoms with Crippen molar-refractivity contribution in [1.29, 1.82) is 0 Å². The second-order valence-corrected chi connectivity index (χ2v) is 6.07. The Hall–Kier alpha value is -1.68. The Morgan fingerprint density at radius 3 is 2.75 bits per heavy atom. The first kappa shape index (κ1) is 14.7. The molecule has 1 atom stereocenters. The summed E-state index contributed by atoms with van der Waals surface area (Å²) in [6, 6.07) is 7.99. The SMILES string of the molecule is CC[C@](C)(NC(=O)Cc1ccccc1C)c1nccs1. The van der Waals surface area contributed by atoms with E-state index in [4.69, 9.17) is 0 Å². The summed E-state index contributed by atoms with van der Waals surface area (Å²) in [5, 5.41) is 6.03. The topological polar surface area (TPSA) is 42.0 Å². The number of benzene rings is 1. The molecular formula is C16H20N2OS. The summed E-state index contributed by atoms with van der Waals surface area (Å²) in [6.45, 7) is 6.12. The van der Waals surface area contributed by atoms with Crippen LogP contribution in [0.5, 0.6) is 0 Å². The van der Waals surface area contributed by atoms with Gasteiger partial charge in [-0.25, -0.2) is 4.98 Å². The molecule has 0 bridgehead atoms. The zero-order valence-electron chi connectivity index (χ0n) is 12.1. The Balaban J connectivity index is 2.09. The first-order chi connectivity index (χ1) is 9.55. The van der Waals surface area contributed by atoms with Gasteiger partial charge in [0, 0.05) is 11.6 Å². The lowest BCUT2D eigenvalue weighted by atomic mass is 9.98. The van der Waals surface area contributed by atoms with Crippen molar-refractivity contribution in [3.63, 3.8) is 0 Å². The van der Waals surface area contributed by atoms with Crippen LogP contribution in [0.15, 0.2) is 35.8 Å². The molecule has 0 aliphatic rings. The fourth-order valence-corrected chi connectivity index (χ4v) is 2.95. The lowest BCUT2D eigenvalue weighted by molar-refractivity contribution is -0.122. The summed E-state index contributed by atoms with van der Waals surface area (Å²) < 4.78 is 0. The maximum Gasteiger partial charge on any atom is 0.225 e. The van der Waals surface area contributed by atoms with E-state index >= 15 is 0 Å². The Morgan fingerprint density at radius 2 is 2.15 bits per heavy atom. The van der Waals surface area contributed by atoms with Crippen molar-refractivity contribution in [3.8, 4) is 0 Å². The van der Waals surface area contributed by atoms with Crippen molar-refractivity contribution in [1.82, 2.24) is 10.3 Å². The Kier molecular flexibility index (Phi) is 4.55. The smallest absolute Gasteiger partial charge is 0.225 e. The predicted octanol–water partition coefficient (Wildman–Crippen LogP) is 3.44. The van der Waals surface area contributed by atoms with Gasteiger partial charge in [0.15, 0.2) is 0 Å². The lowest BCUT2D eigenvalue weighted by Crippen LogP contribution is -2.43. The van der Waals surface area contributed by atoms with Crippen LogP contribution in [-0.4, -0.2) is 10.9 Å². The van der Waals surface area contributed by atoms with E-state index in [1.807, 2.05) is 43.5 Å². The van der Waals surface area contributed by atoms with E-state index in [1.54, 1.807) is 17.5 Å². The second kappa shape index (κ2) is 6.18. The summed E-state index contributed by atoms with van der Waals surface area (Å²) in [4.78, 5) is 16.6. The standard InChI is InChI=1S/C16H20N2OS/c1-4-16(3,15-17-9-10-20-15)18-14(19)11-13-8-6-5-7-12(13)2/h5-10H,4,11H2,1-3H3,(H,18,19)/t16-/m0/s1. The van der Waals surface area contributed by atoms with Gasteiger partial charge in [-0.1, -0.05) is 31.2 Å². The summed E-state index contributed by atoms with van der Waals surface area (Å²) >= 11 is 1.58. The van der Waals surface area contributed by atoms with E-state index in [0.29, 0.717) is 6.42 Å². The van der Waals surface area contributed by atoms with Crippen LogP contribution in [0.3, 0.4) is 0 Å². The first-order valence-corrected chi connectivity index (χ1v) is 7.68. The zero-order valence-corrected chi connectivity index (χ0v) is 13.0. The number of nitrogens with one attached hydrogen (secondary N) is 1. The van der Waals surface area contributed by atoms with E-state index in [0.717, 1.165) is 22.6 Å². The Bertz CT molecular complexity index is 580. The minimum absolute atomic E-state index is 0.0406. The maximum atomic E-state index is 12.3. The van der Waals surface area contributed by atoms with E-state index < -0.39 is 0 Å². The molecule has 106 valence electrons. The molecule has 0 aliphatic carbocycles. The number of hydrogen-bond acceptors (Lipinski definition) is 3. The number of aryl methyl sites for hydroxylation is 1. The van der Waals surface area contributed by atoms with Crippen LogP contribution in [0, 0.1) is 6.92 Å². The largest absolute Gasteiger partial charge is 0.344 e. The highest BCUT2D eigenvalue weighted by molar-refractivity contribution is 7.09. The molecule has 0 fully saturated rings. The van der Waals surface area contributed by atoms with E-state index in [2.05, 4.69) is 17.2 Å². The number of carbonyl (C=O) groups excluding carboxylic acids is 1. The van der Waals surface area contributed by atoms with Crippen LogP contribution in [0.25, 0.3) is 0 Å². The van der Waals surface area contributed by atoms with Crippen molar-refractivity contribution in [2.24, 2.45) is 0 Å². The Labute approximate surface area is 124 Å². The fourth-order valence-electron chi connectivity index (χ4n) is 2.12. The van der Waals surface area contributed by atoms with Gasteiger partial charge in [0.05, 0.1) is 12.0 Å². The van der Waals surface area contributed by atoms with Gasteiger partial charge in [-0.3, -0.25) is 4.79 Å². The minimum Gasteiger partial charge on any atom is -0.344 e. The molecule has 0 saturated heterocycles. The molecule has 2 aromatic rings. The summed E-state index contributed by atoms with van der Waals surface area (Å²) in [5.74, 6) is 0.0406. The number of hydrogen-bond donors (Lipinski definition) is 1. The van der Waals surface area contributed by atoms with Gasteiger partial charge in [0.1, 0.15) is 5.01 Å². The van der Waals surface area contributed by atoms with Gasteiger partial charge in [-0.05, 0) is 31.4 Å². The third-order valence-electron chi connectivity index (χ3n) is 3.64. The van der Waals surface area contributed by atoms with Gasteiger partial charge >= 0.3 is 0 Å². The van der Waals surface area contributed by atoms with Crippen molar-refractivity contribution in [3.05, 3.63) is 52.0 Å². The van der Waals surface area contributed by atoms with Crippen molar-refractivity contribution in [2.45, 2.75) is 39.2 Å². The maximum absolute atomic E-state index is 12.3. The van der Waals surface area contributed by atoms with Crippen LogP contribution >= 0.6 is 11.3 Å². The summed E-state index contributed by atoms with van der Waals surface area (Å²) in [7, 11) is 0. The number of aromatic nitrogens is 1. The van der Waals surface area contributed by atoms with Crippen molar-refractivity contribution >= 4 is 17.2 Å². The molecular weight excluding hydrogens is 268 g/mol. The van der Waals surface area contributed by atoms with Gasteiger partial charge in [-0.15, -0.1) is 11.3 Å². The van der Waals surface area contributed by atoms with Gasteiger partial charge in [0.25, 0.3) is 0 Å². The van der Waals surface area contributed by atoms with Crippen LogP contribution in [0.1, 0.15) is 36.4 Å². The molecule has 0 aliphatic heterocycles. The van der Waals surface area contributed by atoms with Crippen molar-refractivity contribution in [2.75, 3.05) is 0 Å². The normalized spacial score (nSPS) is 13.8. The molecule has 1 amide bonds. The van der Waals surface area contributed by atoms with Crippen molar-refractivity contribution < 1.29 is 4.79 Å². The molecule has 4 heteroatoms. The average molecular weight is 288 g/mol. The molecule has 20 heavy (non-hydrogen) atoms. The fraction of sp³-hybridized carbons (Fsp3) is 0.375. The molecule has 0 spiro atoms. The third kappa shape index (κ3) is 3.25.